The van der Waals surface area contributed by atoms with Crippen molar-refractivity contribution in [2.45, 2.75) is 32.7 Å². The van der Waals surface area contributed by atoms with E-state index in [2.05, 4.69) is 16.9 Å². The van der Waals surface area contributed by atoms with Gasteiger partial charge in [0.15, 0.2) is 0 Å². The molecule has 1 heterocycles. The van der Waals surface area contributed by atoms with Gasteiger partial charge >= 0.3 is 0 Å². The quantitative estimate of drug-likeness (QED) is 0.762. The minimum absolute atomic E-state index is 0.616. The van der Waals surface area contributed by atoms with Crippen molar-refractivity contribution in [3.05, 3.63) is 12.3 Å². The molecule has 1 aromatic rings. The topological polar surface area (TPSA) is 47.1 Å². The van der Waals surface area contributed by atoms with E-state index in [1.165, 1.54) is 25.9 Å². The molecule has 1 fully saturated rings. The third-order valence-corrected chi connectivity index (χ3v) is 3.18. The number of aromatic nitrogens is 2. The molecule has 0 aromatic carbocycles. The van der Waals surface area contributed by atoms with Gasteiger partial charge in [-0.1, -0.05) is 6.92 Å². The number of rotatable bonds is 7. The van der Waals surface area contributed by atoms with E-state index in [9.17, 15) is 0 Å². The van der Waals surface area contributed by atoms with Crippen LogP contribution in [-0.2, 0) is 6.54 Å². The summed E-state index contributed by atoms with van der Waals surface area (Å²) in [7, 11) is 0. The molecule has 0 unspecified atom stereocenters. The predicted molar refractivity (Wildman–Crippen MR) is 66.1 cm³/mol. The van der Waals surface area contributed by atoms with Crippen LogP contribution in [0.2, 0.25) is 0 Å². The van der Waals surface area contributed by atoms with Crippen LogP contribution in [0.5, 0.6) is 0 Å². The van der Waals surface area contributed by atoms with Crippen molar-refractivity contribution in [3.63, 3.8) is 0 Å². The number of nitrogen functional groups attached to an aromatic ring is 1. The van der Waals surface area contributed by atoms with E-state index in [0.717, 1.165) is 25.4 Å². The van der Waals surface area contributed by atoms with E-state index < -0.39 is 0 Å². The van der Waals surface area contributed by atoms with E-state index >= 15 is 0 Å². The van der Waals surface area contributed by atoms with Gasteiger partial charge in [0.1, 0.15) is 5.82 Å². The Kier molecular flexibility index (Phi) is 3.83. The summed E-state index contributed by atoms with van der Waals surface area (Å²) in [5.41, 5.74) is 5.57. The van der Waals surface area contributed by atoms with E-state index in [0.29, 0.717) is 5.82 Å². The predicted octanol–water partition coefficient (Wildman–Crippen LogP) is 1.59. The maximum absolute atomic E-state index is 5.57. The van der Waals surface area contributed by atoms with Crippen molar-refractivity contribution < 1.29 is 0 Å². The zero-order chi connectivity index (χ0) is 11.4. The highest BCUT2D eigenvalue weighted by Crippen LogP contribution is 2.29. The number of hydrogen-bond acceptors (Lipinski definition) is 3. The highest BCUT2D eigenvalue weighted by atomic mass is 15.3. The number of nitrogens with zero attached hydrogens (tertiary/aromatic N) is 3. The van der Waals surface area contributed by atoms with Crippen molar-refractivity contribution in [2.75, 3.05) is 25.4 Å². The summed E-state index contributed by atoms with van der Waals surface area (Å²) < 4.78 is 1.93. The molecule has 0 aliphatic heterocycles. The van der Waals surface area contributed by atoms with Crippen molar-refractivity contribution in [3.8, 4) is 0 Å². The van der Waals surface area contributed by atoms with Crippen LogP contribution >= 0.6 is 0 Å². The summed E-state index contributed by atoms with van der Waals surface area (Å²) in [6.45, 7) is 6.84. The maximum atomic E-state index is 5.57. The average molecular weight is 222 g/mol. The number of hydrogen-bond donors (Lipinski definition) is 1. The fraction of sp³-hybridized carbons (Fsp3) is 0.750. The van der Waals surface area contributed by atoms with Crippen LogP contribution in [0.15, 0.2) is 12.3 Å². The summed E-state index contributed by atoms with van der Waals surface area (Å²) in [5.74, 6) is 1.60. The van der Waals surface area contributed by atoms with Gasteiger partial charge in [-0.3, -0.25) is 4.68 Å². The van der Waals surface area contributed by atoms with Crippen LogP contribution < -0.4 is 5.73 Å². The molecule has 90 valence electrons. The Balaban J connectivity index is 1.65. The van der Waals surface area contributed by atoms with E-state index in [4.69, 9.17) is 5.73 Å². The molecule has 0 saturated heterocycles. The van der Waals surface area contributed by atoms with Crippen LogP contribution in [0.25, 0.3) is 0 Å². The fourth-order valence-corrected chi connectivity index (χ4v) is 2.00. The monoisotopic (exact) mass is 222 g/mol. The molecule has 0 amide bonds. The van der Waals surface area contributed by atoms with Gasteiger partial charge in [0.2, 0.25) is 0 Å². The Bertz CT molecular complexity index is 317. The second-order valence-corrected chi connectivity index (χ2v) is 4.69. The molecule has 2 rings (SSSR count). The summed E-state index contributed by atoms with van der Waals surface area (Å²) in [4.78, 5) is 2.55. The van der Waals surface area contributed by atoms with E-state index in [1.54, 1.807) is 0 Å². The van der Waals surface area contributed by atoms with E-state index in [1.807, 2.05) is 16.9 Å². The van der Waals surface area contributed by atoms with Crippen LogP contribution in [0, 0.1) is 5.92 Å². The van der Waals surface area contributed by atoms with Gasteiger partial charge in [-0.2, -0.15) is 5.10 Å². The fourth-order valence-electron chi connectivity index (χ4n) is 2.00. The lowest BCUT2D eigenvalue weighted by atomic mass is 10.3. The molecule has 0 radical (unpaired) electrons. The number of anilines is 1. The first kappa shape index (κ1) is 11.5. The normalized spacial score (nSPS) is 15.9. The molecule has 0 atom stereocenters. The lowest BCUT2D eigenvalue weighted by molar-refractivity contribution is 0.266. The van der Waals surface area contributed by atoms with Gasteiger partial charge in [0.05, 0.1) is 0 Å². The molecule has 4 heteroatoms. The van der Waals surface area contributed by atoms with Crippen LogP contribution in [0.4, 0.5) is 5.82 Å². The molecule has 16 heavy (non-hydrogen) atoms. The van der Waals surface area contributed by atoms with Crippen molar-refractivity contribution in [1.82, 2.24) is 14.7 Å². The molecule has 1 aliphatic carbocycles. The summed E-state index contributed by atoms with van der Waals surface area (Å²) in [6, 6.07) is 1.85. The molecule has 0 spiro atoms. The first-order valence-electron chi connectivity index (χ1n) is 6.29. The van der Waals surface area contributed by atoms with Gasteiger partial charge in [-0.25, -0.2) is 0 Å². The highest BCUT2D eigenvalue weighted by molar-refractivity contribution is 5.23. The third-order valence-electron chi connectivity index (χ3n) is 3.18. The zero-order valence-corrected chi connectivity index (χ0v) is 10.1. The molecular formula is C12H22N4. The molecule has 1 saturated carbocycles. The maximum Gasteiger partial charge on any atom is 0.145 e. The molecule has 4 nitrogen and oxygen atoms in total. The number of aryl methyl sites for hydroxylation is 1. The molecular weight excluding hydrogens is 200 g/mol. The van der Waals surface area contributed by atoms with Gasteiger partial charge < -0.3 is 10.6 Å². The minimum Gasteiger partial charge on any atom is -0.382 e. The molecule has 2 N–H and O–H groups in total. The Morgan fingerprint density at radius 3 is 2.94 bits per heavy atom. The second-order valence-electron chi connectivity index (χ2n) is 4.69. The van der Waals surface area contributed by atoms with Crippen molar-refractivity contribution in [2.24, 2.45) is 5.92 Å². The van der Waals surface area contributed by atoms with Crippen molar-refractivity contribution >= 4 is 5.82 Å². The molecule has 1 aliphatic rings. The lowest BCUT2D eigenvalue weighted by Crippen LogP contribution is -2.27. The van der Waals surface area contributed by atoms with Gasteiger partial charge in [0, 0.05) is 19.3 Å². The standard InChI is InChI=1S/C12H22N4/c1-2-15(10-11-4-5-11)7-3-8-16-9-6-12(13)14-16/h6,9,11H,2-5,7-8,10H2,1H3,(H2,13,14). The van der Waals surface area contributed by atoms with E-state index in [-0.39, 0.29) is 0 Å². The SMILES string of the molecule is CCN(CCCn1ccc(N)n1)CC1CC1. The third kappa shape index (κ3) is 3.52. The summed E-state index contributed by atoms with van der Waals surface area (Å²) >= 11 is 0. The number of nitrogens with two attached hydrogens (primary N) is 1. The van der Waals surface area contributed by atoms with Gasteiger partial charge in [-0.15, -0.1) is 0 Å². The van der Waals surface area contributed by atoms with Gasteiger partial charge in [0.25, 0.3) is 0 Å². The van der Waals surface area contributed by atoms with Crippen molar-refractivity contribution in [1.29, 1.82) is 0 Å². The molecule has 0 bridgehead atoms. The van der Waals surface area contributed by atoms with Crippen LogP contribution in [0.1, 0.15) is 26.2 Å². The largest absolute Gasteiger partial charge is 0.382 e. The minimum atomic E-state index is 0.616. The summed E-state index contributed by atoms with van der Waals surface area (Å²) in [6.07, 6.45) is 5.98. The average Bonchev–Trinajstić information content (AvgIpc) is 3.00. The second kappa shape index (κ2) is 5.34. The Labute approximate surface area is 97.4 Å². The molecule has 1 aromatic heterocycles. The first-order valence-corrected chi connectivity index (χ1v) is 6.29. The summed E-state index contributed by atoms with van der Waals surface area (Å²) in [5, 5.41) is 4.18. The first-order chi connectivity index (χ1) is 7.78. The van der Waals surface area contributed by atoms with Crippen LogP contribution in [-0.4, -0.2) is 34.3 Å². The Morgan fingerprint density at radius 1 is 1.56 bits per heavy atom. The smallest absolute Gasteiger partial charge is 0.145 e. The van der Waals surface area contributed by atoms with Gasteiger partial charge in [-0.05, 0) is 44.3 Å². The van der Waals surface area contributed by atoms with Crippen LogP contribution in [0.3, 0.4) is 0 Å². The Morgan fingerprint density at radius 2 is 2.38 bits per heavy atom. The highest BCUT2D eigenvalue weighted by Gasteiger charge is 2.23. The zero-order valence-electron chi connectivity index (χ0n) is 10.1. The Hall–Kier alpha value is -1.03. The lowest BCUT2D eigenvalue weighted by Gasteiger charge is -2.19.